The Morgan fingerprint density at radius 2 is 2.12 bits per heavy atom. The van der Waals surface area contributed by atoms with E-state index in [0.29, 0.717) is 5.96 Å². The van der Waals surface area contributed by atoms with Gasteiger partial charge in [0.15, 0.2) is 5.96 Å². The zero-order valence-corrected chi connectivity index (χ0v) is 11.4. The van der Waals surface area contributed by atoms with E-state index in [0.717, 1.165) is 32.0 Å². The van der Waals surface area contributed by atoms with Gasteiger partial charge in [-0.15, -0.1) is 0 Å². The van der Waals surface area contributed by atoms with E-state index in [2.05, 4.69) is 29.1 Å². The van der Waals surface area contributed by atoms with Gasteiger partial charge < -0.3 is 16.0 Å². The number of rotatable bonds is 6. The third-order valence-corrected chi connectivity index (χ3v) is 3.40. The van der Waals surface area contributed by atoms with Gasteiger partial charge in [0.1, 0.15) is 0 Å². The Balaban J connectivity index is 2.04. The van der Waals surface area contributed by atoms with Gasteiger partial charge in [-0.3, -0.25) is 4.99 Å². The van der Waals surface area contributed by atoms with Crippen LogP contribution in [0.15, 0.2) is 4.99 Å². The zero-order valence-electron chi connectivity index (χ0n) is 11.4. The minimum Gasteiger partial charge on any atom is -0.370 e. The third-order valence-electron chi connectivity index (χ3n) is 3.40. The van der Waals surface area contributed by atoms with Crippen LogP contribution in [0.1, 0.15) is 39.5 Å². The van der Waals surface area contributed by atoms with E-state index in [-0.39, 0.29) is 0 Å². The molecule has 4 heteroatoms. The second-order valence-electron chi connectivity index (χ2n) is 5.07. The van der Waals surface area contributed by atoms with Crippen LogP contribution >= 0.6 is 0 Å². The number of hydrogen-bond acceptors (Lipinski definition) is 2. The van der Waals surface area contributed by atoms with E-state index in [1.54, 1.807) is 0 Å². The van der Waals surface area contributed by atoms with E-state index in [9.17, 15) is 0 Å². The van der Waals surface area contributed by atoms with Crippen LogP contribution in [0.5, 0.6) is 0 Å². The Morgan fingerprint density at radius 3 is 2.76 bits per heavy atom. The van der Waals surface area contributed by atoms with Crippen molar-refractivity contribution in [3.63, 3.8) is 0 Å². The van der Waals surface area contributed by atoms with Crippen LogP contribution in [-0.4, -0.2) is 43.6 Å². The molecule has 100 valence electrons. The first-order valence-electron chi connectivity index (χ1n) is 6.98. The number of nitrogens with zero attached hydrogens (tertiary/aromatic N) is 2. The maximum atomic E-state index is 5.77. The first-order chi connectivity index (χ1) is 8.22. The molecule has 0 aromatic rings. The molecule has 0 unspecified atom stereocenters. The molecule has 0 amide bonds. The minimum absolute atomic E-state index is 0.601. The second-order valence-corrected chi connectivity index (χ2v) is 5.07. The van der Waals surface area contributed by atoms with Gasteiger partial charge in [0.2, 0.25) is 0 Å². The fourth-order valence-corrected chi connectivity index (χ4v) is 2.04. The summed E-state index contributed by atoms with van der Waals surface area (Å²) in [6, 6.07) is 0. The van der Waals surface area contributed by atoms with Gasteiger partial charge in [0.25, 0.3) is 0 Å². The number of piperidine rings is 1. The monoisotopic (exact) mass is 240 g/mol. The standard InChI is InChI=1S/C13H28N4/c1-3-4-7-15-13(14)16-8-11-17-9-5-12(2)6-10-17/h12H,3-11H2,1-2H3,(H3,14,15,16). The van der Waals surface area contributed by atoms with E-state index in [1.165, 1.54) is 32.4 Å². The molecule has 17 heavy (non-hydrogen) atoms. The molecule has 0 aromatic carbocycles. The predicted molar refractivity (Wildman–Crippen MR) is 74.2 cm³/mol. The van der Waals surface area contributed by atoms with Crippen LogP contribution in [0, 0.1) is 5.92 Å². The van der Waals surface area contributed by atoms with Crippen molar-refractivity contribution < 1.29 is 0 Å². The fraction of sp³-hybridized carbons (Fsp3) is 0.923. The highest BCUT2D eigenvalue weighted by Gasteiger charge is 2.14. The Morgan fingerprint density at radius 1 is 1.41 bits per heavy atom. The number of unbranched alkanes of at least 4 members (excludes halogenated alkanes) is 1. The van der Waals surface area contributed by atoms with E-state index < -0.39 is 0 Å². The molecule has 4 nitrogen and oxygen atoms in total. The fourth-order valence-electron chi connectivity index (χ4n) is 2.04. The lowest BCUT2D eigenvalue weighted by Crippen LogP contribution is -2.41. The Kier molecular flexibility index (Phi) is 7.01. The first kappa shape index (κ1) is 14.3. The summed E-state index contributed by atoms with van der Waals surface area (Å²) in [5, 5.41) is 3.19. The number of aliphatic imine (C=N–C) groups is 1. The highest BCUT2D eigenvalue weighted by Crippen LogP contribution is 2.14. The Bertz CT molecular complexity index is 219. The van der Waals surface area contributed by atoms with E-state index in [4.69, 9.17) is 5.73 Å². The van der Waals surface area contributed by atoms with Gasteiger partial charge in [0.05, 0.1) is 0 Å². The van der Waals surface area contributed by atoms with E-state index >= 15 is 0 Å². The molecular formula is C13H28N4. The van der Waals surface area contributed by atoms with Crippen LogP contribution < -0.4 is 11.1 Å². The number of nitrogens with one attached hydrogen (secondary N) is 1. The number of nitrogens with two attached hydrogens (primary N) is 1. The molecule has 1 saturated heterocycles. The predicted octanol–water partition coefficient (Wildman–Crippen LogP) is 1.42. The van der Waals surface area contributed by atoms with Gasteiger partial charge >= 0.3 is 0 Å². The van der Waals surface area contributed by atoms with Crippen molar-refractivity contribution >= 4 is 5.96 Å². The second kappa shape index (κ2) is 8.34. The summed E-state index contributed by atoms with van der Waals surface area (Å²) >= 11 is 0. The van der Waals surface area contributed by atoms with Gasteiger partial charge in [-0.05, 0) is 38.3 Å². The smallest absolute Gasteiger partial charge is 0.188 e. The summed E-state index contributed by atoms with van der Waals surface area (Å²) in [4.78, 5) is 6.78. The quantitative estimate of drug-likeness (QED) is 0.419. The molecule has 1 aliphatic heterocycles. The molecule has 1 heterocycles. The van der Waals surface area contributed by atoms with Crippen LogP contribution in [0.3, 0.4) is 0 Å². The zero-order chi connectivity index (χ0) is 12.5. The Labute approximate surface area is 106 Å². The van der Waals surface area contributed by atoms with E-state index in [1.807, 2.05) is 0 Å². The highest BCUT2D eigenvalue weighted by atomic mass is 15.2. The third kappa shape index (κ3) is 6.51. The van der Waals surface area contributed by atoms with Crippen molar-refractivity contribution in [3.05, 3.63) is 0 Å². The molecule has 0 atom stereocenters. The average molecular weight is 240 g/mol. The van der Waals surface area contributed by atoms with Crippen molar-refractivity contribution in [2.24, 2.45) is 16.6 Å². The average Bonchev–Trinajstić information content (AvgIpc) is 2.32. The van der Waals surface area contributed by atoms with Crippen molar-refractivity contribution in [2.75, 3.05) is 32.7 Å². The van der Waals surface area contributed by atoms with Crippen LogP contribution in [-0.2, 0) is 0 Å². The summed E-state index contributed by atoms with van der Waals surface area (Å²) in [7, 11) is 0. The minimum atomic E-state index is 0.601. The van der Waals surface area contributed by atoms with Crippen molar-refractivity contribution in [3.8, 4) is 0 Å². The lowest BCUT2D eigenvalue weighted by molar-refractivity contribution is 0.195. The van der Waals surface area contributed by atoms with Crippen molar-refractivity contribution in [1.29, 1.82) is 0 Å². The van der Waals surface area contributed by atoms with Crippen LogP contribution in [0.4, 0.5) is 0 Å². The lowest BCUT2D eigenvalue weighted by Gasteiger charge is -2.30. The van der Waals surface area contributed by atoms with Crippen LogP contribution in [0.2, 0.25) is 0 Å². The molecule has 0 bridgehead atoms. The van der Waals surface area contributed by atoms with Gasteiger partial charge in [-0.25, -0.2) is 0 Å². The Hall–Kier alpha value is -0.770. The topological polar surface area (TPSA) is 53.6 Å². The van der Waals surface area contributed by atoms with Gasteiger partial charge in [0, 0.05) is 19.6 Å². The molecule has 1 aliphatic rings. The van der Waals surface area contributed by atoms with Gasteiger partial charge in [-0.2, -0.15) is 0 Å². The first-order valence-corrected chi connectivity index (χ1v) is 6.98. The highest BCUT2D eigenvalue weighted by molar-refractivity contribution is 5.77. The summed E-state index contributed by atoms with van der Waals surface area (Å²) in [6.07, 6.45) is 4.95. The molecule has 1 fully saturated rings. The molecule has 1 rings (SSSR count). The molecule has 0 spiro atoms. The summed E-state index contributed by atoms with van der Waals surface area (Å²) in [5.41, 5.74) is 5.77. The molecular weight excluding hydrogens is 212 g/mol. The SMILES string of the molecule is CCCCN=C(N)NCCN1CCC(C)CC1. The molecule has 0 aromatic heterocycles. The van der Waals surface area contributed by atoms with Gasteiger partial charge in [-0.1, -0.05) is 20.3 Å². The number of hydrogen-bond donors (Lipinski definition) is 2. The largest absolute Gasteiger partial charge is 0.370 e. The molecule has 0 saturated carbocycles. The molecule has 3 N–H and O–H groups in total. The lowest BCUT2D eigenvalue weighted by atomic mass is 9.99. The van der Waals surface area contributed by atoms with Crippen LogP contribution in [0.25, 0.3) is 0 Å². The number of guanidine groups is 1. The molecule has 0 radical (unpaired) electrons. The summed E-state index contributed by atoms with van der Waals surface area (Å²) in [5.74, 6) is 1.50. The maximum absolute atomic E-state index is 5.77. The van der Waals surface area contributed by atoms with Crippen molar-refractivity contribution in [2.45, 2.75) is 39.5 Å². The molecule has 0 aliphatic carbocycles. The number of likely N-dealkylation sites (tertiary alicyclic amines) is 1. The maximum Gasteiger partial charge on any atom is 0.188 e. The normalized spacial score (nSPS) is 19.5. The summed E-state index contributed by atoms with van der Waals surface area (Å²) in [6.45, 7) is 9.80. The van der Waals surface area contributed by atoms with Crippen molar-refractivity contribution in [1.82, 2.24) is 10.2 Å². The summed E-state index contributed by atoms with van der Waals surface area (Å²) < 4.78 is 0.